The molecule has 2 N–H and O–H groups in total. The molecule has 0 saturated heterocycles. The number of hydrogen-bond acceptors (Lipinski definition) is 4. The highest BCUT2D eigenvalue weighted by Gasteiger charge is 2.19. The van der Waals surface area contributed by atoms with E-state index in [0.717, 1.165) is 5.56 Å². The maximum atomic E-state index is 11.2. The van der Waals surface area contributed by atoms with Crippen LogP contribution in [0.2, 0.25) is 0 Å². The molecule has 16 heavy (non-hydrogen) atoms. The Kier molecular flexibility index (Phi) is 6.37. The van der Waals surface area contributed by atoms with Crippen LogP contribution in [-0.4, -0.2) is 17.8 Å². The molecule has 0 spiro atoms. The van der Waals surface area contributed by atoms with Crippen LogP contribution in [0.5, 0.6) is 0 Å². The zero-order chi connectivity index (χ0) is 11.3. The maximum Gasteiger partial charge on any atom is 0.330 e. The van der Waals surface area contributed by atoms with Gasteiger partial charge in [0.25, 0.3) is 0 Å². The Hall–Kier alpha value is -1.39. The topological polar surface area (TPSA) is 69.4 Å². The molecular weight excluding hydrogens is 230 g/mol. The molecule has 1 rings (SSSR count). The van der Waals surface area contributed by atoms with E-state index in [9.17, 15) is 9.59 Å². The maximum absolute atomic E-state index is 11.2. The first-order chi connectivity index (χ1) is 7.11. The van der Waals surface area contributed by atoms with Gasteiger partial charge in [-0.05, 0) is 12.5 Å². The van der Waals surface area contributed by atoms with E-state index >= 15 is 0 Å². The van der Waals surface area contributed by atoms with Crippen molar-refractivity contribution in [3.05, 3.63) is 35.9 Å². The number of halogens is 1. The van der Waals surface area contributed by atoms with Crippen molar-refractivity contribution in [3.63, 3.8) is 0 Å². The Morgan fingerprint density at radius 2 is 1.88 bits per heavy atom. The highest BCUT2D eigenvalue weighted by molar-refractivity contribution is 6.01. The summed E-state index contributed by atoms with van der Waals surface area (Å²) in [4.78, 5) is 22.0. The van der Waals surface area contributed by atoms with Gasteiger partial charge in [-0.3, -0.25) is 4.79 Å². The summed E-state index contributed by atoms with van der Waals surface area (Å²) in [5.41, 5.74) is 6.16. The van der Waals surface area contributed by atoms with E-state index in [1.165, 1.54) is 6.92 Å². The van der Waals surface area contributed by atoms with Crippen molar-refractivity contribution in [1.82, 2.24) is 0 Å². The van der Waals surface area contributed by atoms with Gasteiger partial charge >= 0.3 is 5.97 Å². The van der Waals surface area contributed by atoms with E-state index in [1.54, 1.807) is 0 Å². The van der Waals surface area contributed by atoms with Crippen LogP contribution < -0.4 is 5.73 Å². The summed E-state index contributed by atoms with van der Waals surface area (Å²) in [5, 5.41) is 0. The molecule has 0 bridgehead atoms. The van der Waals surface area contributed by atoms with Crippen molar-refractivity contribution < 1.29 is 14.3 Å². The first kappa shape index (κ1) is 14.6. The van der Waals surface area contributed by atoms with Gasteiger partial charge in [-0.2, -0.15) is 0 Å². The molecule has 0 aliphatic rings. The van der Waals surface area contributed by atoms with Crippen LogP contribution in [0.1, 0.15) is 12.5 Å². The molecule has 0 amide bonds. The van der Waals surface area contributed by atoms with Crippen molar-refractivity contribution in [2.45, 2.75) is 19.6 Å². The number of hydrogen-bond donors (Lipinski definition) is 1. The lowest BCUT2D eigenvalue weighted by Gasteiger charge is -2.08. The number of carbonyl (C=O) groups is 2. The fourth-order valence-corrected chi connectivity index (χ4v) is 0.984. The largest absolute Gasteiger partial charge is 0.459 e. The standard InChI is InChI=1S/C11H13NO3.ClH/c1-8(13)10(12)11(14)15-7-9-5-3-2-4-6-9;/h2-6,10H,7,12H2,1H3;1H. The molecule has 0 radical (unpaired) electrons. The molecular formula is C11H14ClNO3. The van der Waals surface area contributed by atoms with E-state index in [4.69, 9.17) is 10.5 Å². The lowest BCUT2D eigenvalue weighted by molar-refractivity contribution is -0.148. The van der Waals surface area contributed by atoms with Crippen molar-refractivity contribution in [1.29, 1.82) is 0 Å². The molecule has 0 aromatic heterocycles. The summed E-state index contributed by atoms with van der Waals surface area (Å²) >= 11 is 0. The van der Waals surface area contributed by atoms with Crippen LogP contribution in [0.15, 0.2) is 30.3 Å². The van der Waals surface area contributed by atoms with Crippen LogP contribution in [0.4, 0.5) is 0 Å². The number of Topliss-reactive ketones (excluding diaryl/α,β-unsaturated/α-hetero) is 1. The van der Waals surface area contributed by atoms with Crippen LogP contribution in [0.3, 0.4) is 0 Å². The second-order valence-corrected chi connectivity index (χ2v) is 3.18. The lowest BCUT2D eigenvalue weighted by atomic mass is 10.2. The summed E-state index contributed by atoms with van der Waals surface area (Å²) in [5.74, 6) is -1.08. The Labute approximate surface area is 100 Å². The van der Waals surface area contributed by atoms with Gasteiger partial charge in [-0.1, -0.05) is 30.3 Å². The first-order valence-electron chi connectivity index (χ1n) is 4.58. The number of esters is 1. The number of benzene rings is 1. The first-order valence-corrected chi connectivity index (χ1v) is 4.58. The second-order valence-electron chi connectivity index (χ2n) is 3.18. The van der Waals surface area contributed by atoms with Crippen molar-refractivity contribution >= 4 is 24.2 Å². The van der Waals surface area contributed by atoms with Crippen LogP contribution >= 0.6 is 12.4 Å². The van der Waals surface area contributed by atoms with Gasteiger partial charge in [0.15, 0.2) is 11.8 Å². The Balaban J connectivity index is 0.00000225. The van der Waals surface area contributed by atoms with Gasteiger partial charge in [0, 0.05) is 0 Å². The number of nitrogens with two attached hydrogens (primary N) is 1. The smallest absolute Gasteiger partial charge is 0.330 e. The summed E-state index contributed by atoms with van der Waals surface area (Å²) in [7, 11) is 0. The molecule has 0 saturated carbocycles. The van der Waals surface area contributed by atoms with Gasteiger partial charge in [0.1, 0.15) is 6.61 Å². The van der Waals surface area contributed by atoms with Crippen molar-refractivity contribution in [2.75, 3.05) is 0 Å². The number of rotatable bonds is 4. The molecule has 5 heteroatoms. The summed E-state index contributed by atoms with van der Waals surface area (Å²) in [6, 6.07) is 8.03. The molecule has 1 aromatic carbocycles. The van der Waals surface area contributed by atoms with Gasteiger partial charge in [0.05, 0.1) is 0 Å². The fourth-order valence-electron chi connectivity index (χ4n) is 0.984. The molecule has 1 atom stereocenters. The third-order valence-corrected chi connectivity index (χ3v) is 1.92. The van der Waals surface area contributed by atoms with Gasteiger partial charge in [-0.25, -0.2) is 4.79 Å². The normalized spacial score (nSPS) is 11.1. The minimum absolute atomic E-state index is 0. The van der Waals surface area contributed by atoms with Crippen molar-refractivity contribution in [3.8, 4) is 0 Å². The molecule has 1 unspecified atom stereocenters. The monoisotopic (exact) mass is 243 g/mol. The quantitative estimate of drug-likeness (QED) is 0.634. The number of carbonyl (C=O) groups excluding carboxylic acids is 2. The predicted octanol–water partition coefficient (Wildman–Crippen LogP) is 1.07. The average Bonchev–Trinajstić information content (AvgIpc) is 2.26. The zero-order valence-corrected chi connectivity index (χ0v) is 9.70. The second kappa shape index (κ2) is 6.98. The Bertz CT molecular complexity index is 354. The highest BCUT2D eigenvalue weighted by Crippen LogP contribution is 2.01. The number of ketones is 1. The van der Waals surface area contributed by atoms with Crippen LogP contribution in [0, 0.1) is 0 Å². The lowest BCUT2D eigenvalue weighted by Crippen LogP contribution is -2.38. The van der Waals surface area contributed by atoms with E-state index in [2.05, 4.69) is 0 Å². The molecule has 4 nitrogen and oxygen atoms in total. The predicted molar refractivity (Wildman–Crippen MR) is 62.1 cm³/mol. The van der Waals surface area contributed by atoms with E-state index in [0.29, 0.717) is 0 Å². The minimum atomic E-state index is -1.17. The van der Waals surface area contributed by atoms with E-state index < -0.39 is 17.8 Å². The SMILES string of the molecule is CC(=O)C(N)C(=O)OCc1ccccc1.Cl. The molecule has 0 fully saturated rings. The third kappa shape index (κ3) is 4.42. The van der Waals surface area contributed by atoms with E-state index in [1.807, 2.05) is 30.3 Å². The summed E-state index contributed by atoms with van der Waals surface area (Å²) < 4.78 is 4.87. The van der Waals surface area contributed by atoms with Gasteiger partial charge in [0.2, 0.25) is 0 Å². The molecule has 0 heterocycles. The van der Waals surface area contributed by atoms with E-state index in [-0.39, 0.29) is 19.0 Å². The average molecular weight is 244 g/mol. The van der Waals surface area contributed by atoms with Gasteiger partial charge < -0.3 is 10.5 Å². The summed E-state index contributed by atoms with van der Waals surface area (Å²) in [6.45, 7) is 1.40. The van der Waals surface area contributed by atoms with Crippen LogP contribution in [-0.2, 0) is 20.9 Å². The minimum Gasteiger partial charge on any atom is -0.459 e. The number of ether oxygens (including phenoxy) is 1. The van der Waals surface area contributed by atoms with Crippen LogP contribution in [0.25, 0.3) is 0 Å². The fraction of sp³-hybridized carbons (Fsp3) is 0.273. The van der Waals surface area contributed by atoms with Crippen molar-refractivity contribution in [2.24, 2.45) is 5.73 Å². The molecule has 0 aliphatic carbocycles. The molecule has 0 aliphatic heterocycles. The Morgan fingerprint density at radius 1 is 1.31 bits per heavy atom. The highest BCUT2D eigenvalue weighted by atomic mass is 35.5. The third-order valence-electron chi connectivity index (χ3n) is 1.92. The zero-order valence-electron chi connectivity index (χ0n) is 8.88. The Morgan fingerprint density at radius 3 is 2.38 bits per heavy atom. The molecule has 88 valence electrons. The van der Waals surface area contributed by atoms with Gasteiger partial charge in [-0.15, -0.1) is 12.4 Å². The molecule has 1 aromatic rings. The summed E-state index contributed by atoms with van der Waals surface area (Å²) in [6.07, 6.45) is 0.